The Labute approximate surface area is 118 Å². The molecule has 2 aromatic rings. The highest BCUT2D eigenvalue weighted by Gasteiger charge is 2.27. The van der Waals surface area contributed by atoms with Crippen LogP contribution in [0.4, 0.5) is 5.69 Å². The predicted molar refractivity (Wildman–Crippen MR) is 78.0 cm³/mol. The molecule has 3 N–H and O–H groups in total. The lowest BCUT2D eigenvalue weighted by atomic mass is 10.3. The van der Waals surface area contributed by atoms with Gasteiger partial charge in [0.05, 0.1) is 17.6 Å². The van der Waals surface area contributed by atoms with Crippen LogP contribution in [0.5, 0.6) is 0 Å². The van der Waals surface area contributed by atoms with E-state index >= 15 is 0 Å². The smallest absolute Gasteiger partial charge is 0.267 e. The molecule has 0 amide bonds. The Morgan fingerprint density at radius 1 is 1.30 bits per heavy atom. The summed E-state index contributed by atoms with van der Waals surface area (Å²) in [6.45, 7) is 2.46. The molecular formula is C13H18N4O2S. The maximum Gasteiger partial charge on any atom is 0.267 e. The number of hydrogen-bond donors (Lipinski definition) is 2. The van der Waals surface area contributed by atoms with Gasteiger partial charge in [-0.2, -0.15) is 5.10 Å². The SMILES string of the molecule is Cc1[nH]ncc1S(=O)(=O)N(CCCN)c1ccccc1. The minimum absolute atomic E-state index is 0.193. The van der Waals surface area contributed by atoms with Crippen LogP contribution in [0.15, 0.2) is 41.4 Å². The lowest BCUT2D eigenvalue weighted by Gasteiger charge is -2.24. The summed E-state index contributed by atoms with van der Waals surface area (Å²) in [6, 6.07) is 9.00. The monoisotopic (exact) mass is 294 g/mol. The quantitative estimate of drug-likeness (QED) is 0.839. The highest BCUT2D eigenvalue weighted by atomic mass is 32.2. The van der Waals surface area contributed by atoms with Crippen LogP contribution in [0.3, 0.4) is 0 Å². The molecule has 0 radical (unpaired) electrons. The Morgan fingerprint density at radius 2 is 2.00 bits per heavy atom. The molecule has 0 spiro atoms. The van der Waals surface area contributed by atoms with E-state index in [2.05, 4.69) is 10.2 Å². The van der Waals surface area contributed by atoms with Crippen LogP contribution in [0.2, 0.25) is 0 Å². The average molecular weight is 294 g/mol. The predicted octanol–water partition coefficient (Wildman–Crippen LogP) is 1.26. The zero-order chi connectivity index (χ0) is 14.6. The number of aromatic amines is 1. The maximum absolute atomic E-state index is 12.7. The van der Waals surface area contributed by atoms with Gasteiger partial charge in [-0.15, -0.1) is 0 Å². The van der Waals surface area contributed by atoms with Crippen LogP contribution in [-0.4, -0.2) is 31.7 Å². The maximum atomic E-state index is 12.7. The second-order valence-corrected chi connectivity index (χ2v) is 6.24. The third-order valence-electron chi connectivity index (χ3n) is 2.96. The highest BCUT2D eigenvalue weighted by molar-refractivity contribution is 7.92. The molecule has 0 aliphatic carbocycles. The summed E-state index contributed by atoms with van der Waals surface area (Å²) < 4.78 is 26.9. The Balaban J connectivity index is 2.44. The van der Waals surface area contributed by atoms with Gasteiger partial charge in [0.25, 0.3) is 10.0 Å². The number of para-hydroxylation sites is 1. The van der Waals surface area contributed by atoms with Gasteiger partial charge in [-0.25, -0.2) is 8.42 Å². The van der Waals surface area contributed by atoms with E-state index in [1.54, 1.807) is 19.1 Å². The van der Waals surface area contributed by atoms with E-state index in [0.717, 1.165) is 0 Å². The Morgan fingerprint density at radius 3 is 2.55 bits per heavy atom. The number of anilines is 1. The number of nitrogens with zero attached hydrogens (tertiary/aromatic N) is 2. The Bertz CT molecular complexity index is 652. The highest BCUT2D eigenvalue weighted by Crippen LogP contribution is 2.24. The number of sulfonamides is 1. The molecule has 2 rings (SSSR count). The molecule has 0 saturated heterocycles. The summed E-state index contributed by atoms with van der Waals surface area (Å²) in [7, 11) is -3.63. The molecule has 0 saturated carbocycles. The first kappa shape index (κ1) is 14.5. The van der Waals surface area contributed by atoms with Crippen LogP contribution in [-0.2, 0) is 10.0 Å². The lowest BCUT2D eigenvalue weighted by Crippen LogP contribution is -2.33. The summed E-state index contributed by atoms with van der Waals surface area (Å²) in [5, 5.41) is 6.45. The topological polar surface area (TPSA) is 92.1 Å². The number of rotatable bonds is 6. The molecular weight excluding hydrogens is 276 g/mol. The zero-order valence-electron chi connectivity index (χ0n) is 11.3. The second-order valence-electron chi connectivity index (χ2n) is 4.41. The summed E-state index contributed by atoms with van der Waals surface area (Å²) in [5.41, 5.74) is 6.66. The van der Waals surface area contributed by atoms with E-state index in [1.165, 1.54) is 10.5 Å². The molecule has 1 aromatic heterocycles. The van der Waals surface area contributed by atoms with Crippen molar-refractivity contribution in [1.29, 1.82) is 0 Å². The zero-order valence-corrected chi connectivity index (χ0v) is 12.1. The minimum Gasteiger partial charge on any atom is -0.330 e. The van der Waals surface area contributed by atoms with Crippen molar-refractivity contribution in [3.63, 3.8) is 0 Å². The fraction of sp³-hybridized carbons (Fsp3) is 0.308. The third kappa shape index (κ3) is 2.83. The molecule has 0 aliphatic heterocycles. The van der Waals surface area contributed by atoms with Crippen molar-refractivity contribution in [2.24, 2.45) is 5.73 Å². The lowest BCUT2D eigenvalue weighted by molar-refractivity contribution is 0.589. The van der Waals surface area contributed by atoms with Gasteiger partial charge >= 0.3 is 0 Å². The molecule has 1 aromatic carbocycles. The number of H-pyrrole nitrogens is 1. The number of nitrogens with two attached hydrogens (primary N) is 1. The van der Waals surface area contributed by atoms with Crippen molar-refractivity contribution >= 4 is 15.7 Å². The summed E-state index contributed by atoms with van der Waals surface area (Å²) in [4.78, 5) is 0.193. The van der Waals surface area contributed by atoms with Crippen molar-refractivity contribution in [2.75, 3.05) is 17.4 Å². The molecule has 0 unspecified atom stereocenters. The van der Waals surface area contributed by atoms with Crippen LogP contribution in [0.1, 0.15) is 12.1 Å². The van der Waals surface area contributed by atoms with Gasteiger partial charge in [-0.05, 0) is 32.0 Å². The van der Waals surface area contributed by atoms with E-state index in [0.29, 0.717) is 30.9 Å². The van der Waals surface area contributed by atoms with E-state index in [1.807, 2.05) is 18.2 Å². The molecule has 0 aliphatic rings. The normalized spacial score (nSPS) is 11.5. The molecule has 20 heavy (non-hydrogen) atoms. The Kier molecular flexibility index (Phi) is 4.41. The third-order valence-corrected chi connectivity index (χ3v) is 4.90. The van der Waals surface area contributed by atoms with Crippen LogP contribution < -0.4 is 10.0 Å². The first-order valence-electron chi connectivity index (χ1n) is 6.35. The number of nitrogens with one attached hydrogen (secondary N) is 1. The summed E-state index contributed by atoms with van der Waals surface area (Å²) >= 11 is 0. The van der Waals surface area contributed by atoms with E-state index in [9.17, 15) is 8.42 Å². The second kappa shape index (κ2) is 6.06. The average Bonchev–Trinajstić information content (AvgIpc) is 2.87. The molecule has 6 nitrogen and oxygen atoms in total. The van der Waals surface area contributed by atoms with Crippen molar-refractivity contribution in [3.8, 4) is 0 Å². The summed E-state index contributed by atoms with van der Waals surface area (Å²) in [5.74, 6) is 0. The number of aryl methyl sites for hydroxylation is 1. The van der Waals surface area contributed by atoms with Crippen LogP contribution >= 0.6 is 0 Å². The van der Waals surface area contributed by atoms with E-state index in [-0.39, 0.29) is 4.90 Å². The van der Waals surface area contributed by atoms with Crippen LogP contribution in [0, 0.1) is 6.92 Å². The molecule has 0 atom stereocenters. The van der Waals surface area contributed by atoms with Gasteiger partial charge in [-0.3, -0.25) is 9.40 Å². The number of aromatic nitrogens is 2. The first-order chi connectivity index (χ1) is 9.57. The first-order valence-corrected chi connectivity index (χ1v) is 7.79. The Hall–Kier alpha value is -1.86. The minimum atomic E-state index is -3.63. The fourth-order valence-electron chi connectivity index (χ4n) is 1.94. The molecule has 1 heterocycles. The van der Waals surface area contributed by atoms with Gasteiger partial charge < -0.3 is 5.73 Å². The molecule has 7 heteroatoms. The standard InChI is InChI=1S/C13H18N4O2S/c1-11-13(10-15-16-11)20(18,19)17(9-5-8-14)12-6-3-2-4-7-12/h2-4,6-7,10H,5,8-9,14H2,1H3,(H,15,16). The van der Waals surface area contributed by atoms with Gasteiger partial charge in [0.15, 0.2) is 0 Å². The van der Waals surface area contributed by atoms with Crippen molar-refractivity contribution in [1.82, 2.24) is 10.2 Å². The molecule has 0 fully saturated rings. The van der Waals surface area contributed by atoms with E-state index < -0.39 is 10.0 Å². The van der Waals surface area contributed by atoms with E-state index in [4.69, 9.17) is 5.73 Å². The van der Waals surface area contributed by atoms with Gasteiger partial charge in [0, 0.05) is 6.54 Å². The van der Waals surface area contributed by atoms with Gasteiger partial charge in [0.1, 0.15) is 4.90 Å². The fourth-order valence-corrected chi connectivity index (χ4v) is 3.56. The summed E-state index contributed by atoms with van der Waals surface area (Å²) in [6.07, 6.45) is 1.92. The van der Waals surface area contributed by atoms with Crippen molar-refractivity contribution in [3.05, 3.63) is 42.2 Å². The molecule has 108 valence electrons. The van der Waals surface area contributed by atoms with Crippen LogP contribution in [0.25, 0.3) is 0 Å². The number of hydrogen-bond acceptors (Lipinski definition) is 4. The largest absolute Gasteiger partial charge is 0.330 e. The van der Waals surface area contributed by atoms with Gasteiger partial charge in [0.2, 0.25) is 0 Å². The van der Waals surface area contributed by atoms with Crippen molar-refractivity contribution < 1.29 is 8.42 Å². The van der Waals surface area contributed by atoms with Gasteiger partial charge in [-0.1, -0.05) is 18.2 Å². The molecule has 0 bridgehead atoms. The van der Waals surface area contributed by atoms with Crippen molar-refractivity contribution in [2.45, 2.75) is 18.2 Å². The number of benzene rings is 1.